The number of nitrogens with one attached hydrogen (secondary N) is 1. The molecule has 1 saturated heterocycles. The smallest absolute Gasteiger partial charge is 0.270 e. The largest absolute Gasteiger partial charge is 0.369 e. The van der Waals surface area contributed by atoms with Crippen LogP contribution in [0, 0.1) is 0 Å². The topological polar surface area (TPSA) is 79.4 Å². The molecule has 1 aliphatic carbocycles. The molecule has 1 amide bonds. The monoisotopic (exact) mass is 309 g/mol. The molecule has 21 heavy (non-hydrogen) atoms. The minimum Gasteiger partial charge on any atom is -0.369 e. The average Bonchev–Trinajstić information content (AvgIpc) is 3.19. The van der Waals surface area contributed by atoms with Crippen molar-refractivity contribution in [1.29, 1.82) is 0 Å². The van der Waals surface area contributed by atoms with Gasteiger partial charge in [-0.1, -0.05) is 0 Å². The van der Waals surface area contributed by atoms with E-state index in [0.29, 0.717) is 18.2 Å². The number of carbonyl (C=O) groups excluding carboxylic acids is 1. The molecule has 1 aliphatic heterocycles. The van der Waals surface area contributed by atoms with Crippen LogP contribution in [0.25, 0.3) is 0 Å². The van der Waals surface area contributed by atoms with Gasteiger partial charge in [-0.25, -0.2) is 13.4 Å². The molecule has 1 atom stereocenters. The molecule has 114 valence electrons. The summed E-state index contributed by atoms with van der Waals surface area (Å²) in [5, 5.41) is 2.89. The highest BCUT2D eigenvalue weighted by Gasteiger charge is 2.31. The number of amides is 1. The van der Waals surface area contributed by atoms with Crippen LogP contribution in [-0.4, -0.2) is 49.9 Å². The van der Waals surface area contributed by atoms with E-state index in [2.05, 4.69) is 10.3 Å². The second kappa shape index (κ2) is 5.29. The van der Waals surface area contributed by atoms with Gasteiger partial charge in [-0.15, -0.1) is 0 Å². The van der Waals surface area contributed by atoms with Crippen molar-refractivity contribution in [3.8, 4) is 0 Å². The standard InChI is InChI=1S/C14H19N3O3S/c1-17(12-6-7-21(19,20)9-12)11-4-5-13(15-8-11)14(18)16-10-2-3-10/h4-5,8,10,12H,2-3,6-7,9H2,1H3,(H,16,18). The summed E-state index contributed by atoms with van der Waals surface area (Å²) in [6.07, 6.45) is 4.36. The number of nitrogens with zero attached hydrogens (tertiary/aromatic N) is 2. The van der Waals surface area contributed by atoms with Gasteiger partial charge in [0.1, 0.15) is 5.69 Å². The third-order valence-corrected chi connectivity index (χ3v) is 5.81. The van der Waals surface area contributed by atoms with E-state index in [9.17, 15) is 13.2 Å². The summed E-state index contributed by atoms with van der Waals surface area (Å²) in [6, 6.07) is 3.81. The number of carbonyl (C=O) groups is 1. The van der Waals surface area contributed by atoms with Gasteiger partial charge in [-0.05, 0) is 31.4 Å². The van der Waals surface area contributed by atoms with Gasteiger partial charge < -0.3 is 10.2 Å². The predicted octanol–water partition coefficient (Wildman–Crippen LogP) is 0.597. The molecular formula is C14H19N3O3S. The van der Waals surface area contributed by atoms with Gasteiger partial charge in [0.05, 0.1) is 23.4 Å². The molecule has 0 spiro atoms. The molecule has 6 nitrogen and oxygen atoms in total. The lowest BCUT2D eigenvalue weighted by atomic mass is 10.2. The van der Waals surface area contributed by atoms with Crippen LogP contribution in [-0.2, 0) is 9.84 Å². The first-order chi connectivity index (χ1) is 9.94. The third kappa shape index (κ3) is 3.34. The Morgan fingerprint density at radius 1 is 1.33 bits per heavy atom. The molecular weight excluding hydrogens is 290 g/mol. The maximum Gasteiger partial charge on any atom is 0.270 e. The minimum atomic E-state index is -2.90. The number of anilines is 1. The lowest BCUT2D eigenvalue weighted by molar-refractivity contribution is 0.0946. The molecule has 0 bridgehead atoms. The van der Waals surface area contributed by atoms with Crippen LogP contribution in [0.15, 0.2) is 18.3 Å². The van der Waals surface area contributed by atoms with Crippen LogP contribution < -0.4 is 10.2 Å². The SMILES string of the molecule is CN(c1ccc(C(=O)NC2CC2)nc1)C1CCS(=O)(=O)C1. The zero-order valence-electron chi connectivity index (χ0n) is 11.9. The van der Waals surface area contributed by atoms with E-state index >= 15 is 0 Å². The van der Waals surface area contributed by atoms with Crippen LogP contribution in [0.2, 0.25) is 0 Å². The first-order valence-electron chi connectivity index (χ1n) is 7.15. The van der Waals surface area contributed by atoms with E-state index < -0.39 is 9.84 Å². The van der Waals surface area contributed by atoms with Gasteiger partial charge >= 0.3 is 0 Å². The quantitative estimate of drug-likeness (QED) is 0.881. The second-order valence-electron chi connectivity index (χ2n) is 5.82. The Hall–Kier alpha value is -1.63. The zero-order chi connectivity index (χ0) is 15.0. The number of hydrogen-bond acceptors (Lipinski definition) is 5. The molecule has 3 rings (SSSR count). The number of pyridine rings is 1. The van der Waals surface area contributed by atoms with Crippen LogP contribution in [0.3, 0.4) is 0 Å². The average molecular weight is 309 g/mol. The van der Waals surface area contributed by atoms with Crippen LogP contribution in [0.5, 0.6) is 0 Å². The van der Waals surface area contributed by atoms with Crippen molar-refractivity contribution in [2.24, 2.45) is 0 Å². The number of sulfone groups is 1. The van der Waals surface area contributed by atoms with Gasteiger partial charge in [0.25, 0.3) is 5.91 Å². The molecule has 1 unspecified atom stereocenters. The lowest BCUT2D eigenvalue weighted by Gasteiger charge is -2.25. The van der Waals surface area contributed by atoms with Crippen molar-refractivity contribution in [3.63, 3.8) is 0 Å². The third-order valence-electron chi connectivity index (χ3n) is 4.06. The Labute approximate surface area is 124 Å². The highest BCUT2D eigenvalue weighted by atomic mass is 32.2. The summed E-state index contributed by atoms with van der Waals surface area (Å²) in [6.45, 7) is 0. The fourth-order valence-electron chi connectivity index (χ4n) is 2.51. The van der Waals surface area contributed by atoms with Gasteiger partial charge in [0.15, 0.2) is 9.84 Å². The second-order valence-corrected chi connectivity index (χ2v) is 8.05. The van der Waals surface area contributed by atoms with Gasteiger partial charge in [0, 0.05) is 19.1 Å². The maximum atomic E-state index is 11.9. The van der Waals surface area contributed by atoms with Crippen molar-refractivity contribution in [3.05, 3.63) is 24.0 Å². The molecule has 0 radical (unpaired) electrons. The van der Waals surface area contributed by atoms with Crippen molar-refractivity contribution >= 4 is 21.4 Å². The Kier molecular flexibility index (Phi) is 3.61. The highest BCUT2D eigenvalue weighted by molar-refractivity contribution is 7.91. The van der Waals surface area contributed by atoms with Crippen LogP contribution in [0.4, 0.5) is 5.69 Å². The summed E-state index contributed by atoms with van der Waals surface area (Å²) < 4.78 is 23.1. The van der Waals surface area contributed by atoms with E-state index in [0.717, 1.165) is 18.5 Å². The summed E-state index contributed by atoms with van der Waals surface area (Å²) in [7, 11) is -1.04. The summed E-state index contributed by atoms with van der Waals surface area (Å²) in [4.78, 5) is 18.0. The molecule has 1 aromatic rings. The number of rotatable bonds is 4. The van der Waals surface area contributed by atoms with Crippen LogP contribution >= 0.6 is 0 Å². The number of hydrogen-bond donors (Lipinski definition) is 1. The lowest BCUT2D eigenvalue weighted by Crippen LogP contribution is -2.32. The molecule has 2 heterocycles. The van der Waals surface area contributed by atoms with Crippen LogP contribution in [0.1, 0.15) is 29.8 Å². The summed E-state index contributed by atoms with van der Waals surface area (Å²) in [5.74, 6) is 0.292. The van der Waals surface area contributed by atoms with Gasteiger partial charge in [-0.2, -0.15) is 0 Å². The summed E-state index contributed by atoms with van der Waals surface area (Å²) >= 11 is 0. The fraction of sp³-hybridized carbons (Fsp3) is 0.571. The van der Waals surface area contributed by atoms with Crippen molar-refractivity contribution in [1.82, 2.24) is 10.3 Å². The molecule has 1 saturated carbocycles. The maximum absolute atomic E-state index is 11.9. The molecule has 0 aromatic carbocycles. The van der Waals surface area contributed by atoms with Gasteiger partial charge in [0.2, 0.25) is 0 Å². The first-order valence-corrected chi connectivity index (χ1v) is 8.97. The molecule has 7 heteroatoms. The molecule has 2 fully saturated rings. The Morgan fingerprint density at radius 3 is 2.62 bits per heavy atom. The van der Waals surface area contributed by atoms with Crippen molar-refractivity contribution in [2.75, 3.05) is 23.5 Å². The number of aromatic nitrogens is 1. The normalized spacial score (nSPS) is 23.8. The molecule has 1 N–H and O–H groups in total. The Bertz CT molecular complexity index is 638. The van der Waals surface area contributed by atoms with Crippen molar-refractivity contribution < 1.29 is 13.2 Å². The Morgan fingerprint density at radius 2 is 2.10 bits per heavy atom. The fourth-order valence-corrected chi connectivity index (χ4v) is 4.28. The predicted molar refractivity (Wildman–Crippen MR) is 80.2 cm³/mol. The summed E-state index contributed by atoms with van der Waals surface area (Å²) in [5.41, 5.74) is 1.23. The zero-order valence-corrected chi connectivity index (χ0v) is 12.8. The van der Waals surface area contributed by atoms with E-state index in [4.69, 9.17) is 0 Å². The van der Waals surface area contributed by atoms with E-state index in [1.165, 1.54) is 0 Å². The van der Waals surface area contributed by atoms with E-state index in [1.54, 1.807) is 12.3 Å². The van der Waals surface area contributed by atoms with Gasteiger partial charge in [-0.3, -0.25) is 4.79 Å². The van der Waals surface area contributed by atoms with E-state index in [1.807, 2.05) is 18.0 Å². The van der Waals surface area contributed by atoms with E-state index in [-0.39, 0.29) is 23.5 Å². The first kappa shape index (κ1) is 14.3. The molecule has 1 aromatic heterocycles. The minimum absolute atomic E-state index is 0.0112. The molecule has 2 aliphatic rings. The Balaban J connectivity index is 1.67. The highest BCUT2D eigenvalue weighted by Crippen LogP contribution is 2.23. The van der Waals surface area contributed by atoms with Crippen molar-refractivity contribution in [2.45, 2.75) is 31.3 Å².